The van der Waals surface area contributed by atoms with Crippen molar-refractivity contribution in [2.45, 2.75) is 20.4 Å². The number of amides is 1. The number of hydrogen-bond donors (Lipinski definition) is 0. The second kappa shape index (κ2) is 8.25. The predicted molar refractivity (Wildman–Crippen MR) is 102 cm³/mol. The summed E-state index contributed by atoms with van der Waals surface area (Å²) >= 11 is 2.67. The minimum absolute atomic E-state index is 0.362. The topological polar surface area (TPSA) is 60.7 Å². The minimum Gasteiger partial charge on any atom is -0.451 e. The maximum Gasteiger partial charge on any atom is 0.349 e. The molecule has 0 aliphatic heterocycles. The summed E-state index contributed by atoms with van der Waals surface area (Å²) in [5, 5.41) is 3.69. The van der Waals surface area contributed by atoms with Gasteiger partial charge in [-0.05, 0) is 36.4 Å². The van der Waals surface area contributed by atoms with E-state index in [0.717, 1.165) is 11.1 Å². The van der Waals surface area contributed by atoms with Crippen molar-refractivity contribution in [3.05, 3.63) is 73.7 Å². The molecule has 0 saturated carbocycles. The van der Waals surface area contributed by atoms with E-state index in [1.807, 2.05) is 41.4 Å². The normalized spacial score (nSPS) is 11.5. The second-order valence-electron chi connectivity index (χ2n) is 5.81. The predicted octanol–water partition coefficient (Wildman–Crippen LogP) is 3.56. The molecule has 5 nitrogen and oxygen atoms in total. The number of ether oxygens (including phenoxy) is 1. The first kappa shape index (κ1) is 18.3. The summed E-state index contributed by atoms with van der Waals surface area (Å²) in [4.78, 5) is 29.2. The fraction of sp³-hybridized carbons (Fsp3) is 0.211. The summed E-state index contributed by atoms with van der Waals surface area (Å²) in [6, 6.07) is 10.0. The summed E-state index contributed by atoms with van der Waals surface area (Å²) in [7, 11) is 0. The Morgan fingerprint density at radius 1 is 1.08 bits per heavy atom. The highest BCUT2D eigenvalue weighted by Crippen LogP contribution is 2.16. The molecule has 134 valence electrons. The van der Waals surface area contributed by atoms with Crippen LogP contribution in [0.1, 0.15) is 26.4 Å². The first-order valence-corrected chi connectivity index (χ1v) is 9.77. The Hall–Kier alpha value is -2.51. The summed E-state index contributed by atoms with van der Waals surface area (Å²) in [6.45, 7) is 4.14. The monoisotopic (exact) mass is 386 g/mol. The third-order valence-corrected chi connectivity index (χ3v) is 5.52. The SMILES string of the molecule is Cc1ccc(Cn2ccsc2=NC(=O)COC(=O)c2sccc2C)cc1. The summed E-state index contributed by atoms with van der Waals surface area (Å²) < 4.78 is 6.97. The van der Waals surface area contributed by atoms with Crippen molar-refractivity contribution in [3.8, 4) is 0 Å². The molecule has 0 radical (unpaired) electrons. The first-order valence-electron chi connectivity index (χ1n) is 8.01. The van der Waals surface area contributed by atoms with Gasteiger partial charge in [0.05, 0.1) is 0 Å². The standard InChI is InChI=1S/C19H18N2O3S2/c1-13-3-5-15(6-4-13)11-21-8-10-26-19(21)20-16(22)12-24-18(23)17-14(2)7-9-25-17/h3-10H,11-12H2,1-2H3. The lowest BCUT2D eigenvalue weighted by Gasteiger charge is -2.04. The highest BCUT2D eigenvalue weighted by atomic mass is 32.1. The van der Waals surface area contributed by atoms with E-state index in [-0.39, 0.29) is 6.61 Å². The van der Waals surface area contributed by atoms with Gasteiger partial charge in [-0.3, -0.25) is 4.79 Å². The maximum absolute atomic E-state index is 12.1. The van der Waals surface area contributed by atoms with Crippen molar-refractivity contribution < 1.29 is 14.3 Å². The number of thiazole rings is 1. The van der Waals surface area contributed by atoms with Crippen LogP contribution in [-0.4, -0.2) is 23.1 Å². The molecule has 0 spiro atoms. The molecule has 26 heavy (non-hydrogen) atoms. The molecule has 0 fully saturated rings. The van der Waals surface area contributed by atoms with Crippen LogP contribution < -0.4 is 4.80 Å². The molecule has 0 atom stereocenters. The summed E-state index contributed by atoms with van der Waals surface area (Å²) in [5.74, 6) is -0.965. The fourth-order valence-corrected chi connectivity index (χ4v) is 3.87. The van der Waals surface area contributed by atoms with E-state index in [0.29, 0.717) is 16.2 Å². The number of rotatable bonds is 5. The van der Waals surface area contributed by atoms with E-state index >= 15 is 0 Å². The molecule has 0 saturated heterocycles. The minimum atomic E-state index is -0.486. The van der Waals surface area contributed by atoms with E-state index in [1.165, 1.54) is 28.2 Å². The van der Waals surface area contributed by atoms with Crippen molar-refractivity contribution in [1.82, 2.24) is 4.57 Å². The zero-order valence-corrected chi connectivity index (χ0v) is 16.1. The van der Waals surface area contributed by atoms with Crippen LogP contribution >= 0.6 is 22.7 Å². The molecule has 3 aromatic rings. The third-order valence-electron chi connectivity index (χ3n) is 3.73. The number of carbonyl (C=O) groups is 2. The smallest absolute Gasteiger partial charge is 0.349 e. The molecule has 2 heterocycles. The molecule has 0 aliphatic carbocycles. The van der Waals surface area contributed by atoms with Crippen LogP contribution in [0.15, 0.2) is 52.3 Å². The van der Waals surface area contributed by atoms with Crippen LogP contribution in [0, 0.1) is 13.8 Å². The van der Waals surface area contributed by atoms with Gasteiger partial charge in [-0.1, -0.05) is 29.8 Å². The third kappa shape index (κ3) is 4.56. The van der Waals surface area contributed by atoms with E-state index in [4.69, 9.17) is 4.74 Å². The quantitative estimate of drug-likeness (QED) is 0.630. The van der Waals surface area contributed by atoms with Gasteiger partial charge in [0.15, 0.2) is 11.4 Å². The van der Waals surface area contributed by atoms with Gasteiger partial charge in [0.2, 0.25) is 0 Å². The molecule has 1 aromatic carbocycles. The van der Waals surface area contributed by atoms with E-state index in [9.17, 15) is 9.59 Å². The fourth-order valence-electron chi connectivity index (χ4n) is 2.31. The molecule has 0 N–H and O–H groups in total. The lowest BCUT2D eigenvalue weighted by Crippen LogP contribution is -2.19. The van der Waals surface area contributed by atoms with Crippen molar-refractivity contribution in [2.75, 3.05) is 6.61 Å². The van der Waals surface area contributed by atoms with Gasteiger partial charge in [-0.25, -0.2) is 4.79 Å². The van der Waals surface area contributed by atoms with Gasteiger partial charge >= 0.3 is 5.97 Å². The Kier molecular flexibility index (Phi) is 5.80. The van der Waals surface area contributed by atoms with Crippen LogP contribution in [0.2, 0.25) is 0 Å². The Balaban J connectivity index is 1.65. The Labute approximate surface area is 159 Å². The van der Waals surface area contributed by atoms with Crippen LogP contribution in [0.5, 0.6) is 0 Å². The van der Waals surface area contributed by atoms with Gasteiger partial charge in [0, 0.05) is 18.1 Å². The number of carbonyl (C=O) groups excluding carboxylic acids is 2. The van der Waals surface area contributed by atoms with E-state index < -0.39 is 11.9 Å². The molecular weight excluding hydrogens is 368 g/mol. The van der Waals surface area contributed by atoms with E-state index in [1.54, 1.807) is 0 Å². The van der Waals surface area contributed by atoms with Crippen LogP contribution in [-0.2, 0) is 16.1 Å². The van der Waals surface area contributed by atoms with E-state index in [2.05, 4.69) is 29.3 Å². The number of aromatic nitrogens is 1. The number of nitrogens with zero attached hydrogens (tertiary/aromatic N) is 2. The lowest BCUT2D eigenvalue weighted by molar-refractivity contribution is -0.121. The van der Waals surface area contributed by atoms with Crippen LogP contribution in [0.4, 0.5) is 0 Å². The van der Waals surface area contributed by atoms with Crippen molar-refractivity contribution in [1.29, 1.82) is 0 Å². The average molecular weight is 386 g/mol. The van der Waals surface area contributed by atoms with Crippen molar-refractivity contribution >= 4 is 34.6 Å². The molecule has 3 rings (SSSR count). The molecule has 7 heteroatoms. The molecule has 0 bridgehead atoms. The second-order valence-corrected chi connectivity index (χ2v) is 7.60. The molecule has 1 amide bonds. The molecule has 0 aliphatic rings. The number of thiophene rings is 1. The number of benzene rings is 1. The van der Waals surface area contributed by atoms with Gasteiger partial charge in [0.25, 0.3) is 5.91 Å². The molecule has 0 unspecified atom stereocenters. The Morgan fingerprint density at radius 3 is 2.54 bits per heavy atom. The number of esters is 1. The highest BCUT2D eigenvalue weighted by Gasteiger charge is 2.13. The largest absolute Gasteiger partial charge is 0.451 e. The summed E-state index contributed by atoms with van der Waals surface area (Å²) in [6.07, 6.45) is 1.89. The van der Waals surface area contributed by atoms with Gasteiger partial charge in [-0.15, -0.1) is 22.7 Å². The van der Waals surface area contributed by atoms with Gasteiger partial charge in [-0.2, -0.15) is 4.99 Å². The number of aryl methyl sites for hydroxylation is 2. The lowest BCUT2D eigenvalue weighted by atomic mass is 10.1. The zero-order chi connectivity index (χ0) is 18.5. The van der Waals surface area contributed by atoms with Gasteiger partial charge < -0.3 is 9.30 Å². The van der Waals surface area contributed by atoms with Crippen molar-refractivity contribution in [2.24, 2.45) is 4.99 Å². The zero-order valence-electron chi connectivity index (χ0n) is 14.5. The molecular formula is C19H18N2O3S2. The van der Waals surface area contributed by atoms with Crippen LogP contribution in [0.3, 0.4) is 0 Å². The van der Waals surface area contributed by atoms with Crippen LogP contribution in [0.25, 0.3) is 0 Å². The first-order chi connectivity index (χ1) is 12.5. The summed E-state index contributed by atoms with van der Waals surface area (Å²) in [5.41, 5.74) is 3.17. The Bertz CT molecular complexity index is 981. The highest BCUT2D eigenvalue weighted by molar-refractivity contribution is 7.12. The van der Waals surface area contributed by atoms with Crippen molar-refractivity contribution in [3.63, 3.8) is 0 Å². The maximum atomic E-state index is 12.1. The Morgan fingerprint density at radius 2 is 1.85 bits per heavy atom. The average Bonchev–Trinajstić information content (AvgIpc) is 3.24. The van der Waals surface area contributed by atoms with Gasteiger partial charge in [0.1, 0.15) is 4.88 Å². The molecule has 2 aromatic heterocycles. The number of hydrogen-bond acceptors (Lipinski definition) is 5.